The van der Waals surface area contributed by atoms with Crippen molar-refractivity contribution in [2.24, 2.45) is 0 Å². The molecule has 0 rings (SSSR count). The Balaban J connectivity index is 0. The van der Waals surface area contributed by atoms with Crippen molar-refractivity contribution in [3.8, 4) is 0 Å². The van der Waals surface area contributed by atoms with Crippen LogP contribution in [0.4, 0.5) is 0 Å². The van der Waals surface area contributed by atoms with Crippen molar-refractivity contribution in [3.05, 3.63) is 0 Å². The first-order valence-corrected chi connectivity index (χ1v) is 1.02. The van der Waals surface area contributed by atoms with Gasteiger partial charge in [-0.1, -0.05) is 0 Å². The van der Waals surface area contributed by atoms with Crippen molar-refractivity contribution in [1.82, 2.24) is 0 Å². The minimum atomic E-state index is 0. The first-order valence-electron chi connectivity index (χ1n) is 1.02. The molecule has 0 aromatic heterocycles. The van der Waals surface area contributed by atoms with Crippen molar-refractivity contribution >= 4 is 0 Å². The fraction of sp³-hybridized carbons (Fsp3) is 1.00. The van der Waals surface area contributed by atoms with Crippen LogP contribution >= 0.6 is 0 Å². The largest absolute Gasteiger partial charge is 0.397 e. The molecule has 0 amide bonds. The molecule has 1 nitrogen and oxygen atoms in total. The molecule has 0 bridgehead atoms. The number of rotatable bonds is 0. The molecule has 2 heteroatoms. The van der Waals surface area contributed by atoms with Gasteiger partial charge in [-0.2, -0.15) is 0 Å². The third-order valence-corrected chi connectivity index (χ3v) is 0. The Kier molecular flexibility index (Phi) is 20.6. The number of hydrogen-bond donors (Lipinski definition) is 1. The van der Waals surface area contributed by atoms with E-state index in [1.807, 2.05) is 0 Å². The Bertz CT molecular complexity index is 6.00. The van der Waals surface area contributed by atoms with Gasteiger partial charge in [-0.3, -0.25) is 0 Å². The maximum Gasteiger partial charge on any atom is 0.0402 e. The average Bonchev–Trinajstić information content (AvgIpc) is 0.918. The van der Waals surface area contributed by atoms with Crippen molar-refractivity contribution in [3.63, 3.8) is 0 Å². The van der Waals surface area contributed by atoms with E-state index in [-0.39, 0.29) is 29.0 Å². The fourth-order valence-corrected chi connectivity index (χ4v) is 0. The molecule has 0 fully saturated rings. The summed E-state index contributed by atoms with van der Waals surface area (Å²) in [6, 6.07) is 0. The summed E-state index contributed by atoms with van der Waals surface area (Å²) in [5.74, 6) is 0. The molecule has 0 heterocycles. The molecule has 0 unspecified atom stereocenters. The summed E-state index contributed by atoms with van der Waals surface area (Å²) in [5, 5.41) is 7.57. The minimum absolute atomic E-state index is 0. The van der Waals surface area contributed by atoms with Gasteiger partial charge in [0.2, 0.25) is 0 Å². The predicted octanol–water partition coefficient (Wildman–Crippen LogP) is -0.00390. The van der Waals surface area contributed by atoms with E-state index in [1.54, 1.807) is 6.92 Å². The van der Waals surface area contributed by atoms with Crippen LogP contribution in [0.2, 0.25) is 0 Å². The fourth-order valence-electron chi connectivity index (χ4n) is 0. The first kappa shape index (κ1) is 8.83. The number of hydrogen-bond acceptors (Lipinski definition) is 1. The van der Waals surface area contributed by atoms with E-state index in [2.05, 4.69) is 0 Å². The third-order valence-electron chi connectivity index (χ3n) is 0. The van der Waals surface area contributed by atoms with Gasteiger partial charge in [0.05, 0.1) is 0 Å². The van der Waals surface area contributed by atoms with Crippen molar-refractivity contribution in [1.29, 1.82) is 0 Å². The molecule has 0 aromatic carbocycles. The van der Waals surface area contributed by atoms with E-state index in [0.717, 1.165) is 0 Å². The molecule has 25 valence electrons. The van der Waals surface area contributed by atoms with Gasteiger partial charge in [-0.05, 0) is 6.92 Å². The molecule has 4 heavy (non-hydrogen) atoms. The normalized spacial score (nSPS) is 4.50. The van der Waals surface area contributed by atoms with Crippen molar-refractivity contribution in [2.75, 3.05) is 6.61 Å². The Morgan fingerprint density at radius 2 is 1.75 bits per heavy atom. The van der Waals surface area contributed by atoms with Gasteiger partial charge in [0, 0.05) is 29.0 Å². The van der Waals surface area contributed by atoms with Gasteiger partial charge in [-0.15, -0.1) is 0 Å². The molecule has 0 aliphatic heterocycles. The summed E-state index contributed by atoms with van der Waals surface area (Å²) >= 11 is 0. The summed E-state index contributed by atoms with van der Waals surface area (Å²) in [4.78, 5) is 0. The molecule has 1 N–H and O–H groups in total. The van der Waals surface area contributed by atoms with Crippen LogP contribution in [0.1, 0.15) is 6.92 Å². The summed E-state index contributed by atoms with van der Waals surface area (Å²) in [6.07, 6.45) is 0. The Hall–Kier alpha value is 0.700. The second-order valence-electron chi connectivity index (χ2n) is 0.316. The van der Waals surface area contributed by atoms with Gasteiger partial charge >= 0.3 is 0 Å². The van der Waals surface area contributed by atoms with Gasteiger partial charge < -0.3 is 5.11 Å². The van der Waals surface area contributed by atoms with Crippen LogP contribution in [0.5, 0.6) is 0 Å². The maximum absolute atomic E-state index is 7.57. The predicted molar refractivity (Wildman–Crippen MR) is 12.8 cm³/mol. The molecule has 0 atom stereocenters. The van der Waals surface area contributed by atoms with Crippen LogP contribution in [0.15, 0.2) is 0 Å². The second kappa shape index (κ2) is 9.33. The second-order valence-corrected chi connectivity index (χ2v) is 0.316. The van der Waals surface area contributed by atoms with E-state index < -0.39 is 0 Å². The van der Waals surface area contributed by atoms with E-state index in [9.17, 15) is 0 Å². The number of aliphatic hydroxyl groups is 1. The SMILES string of the molecule is CCO.[Ta]. The molecule has 0 aliphatic rings. The van der Waals surface area contributed by atoms with Gasteiger partial charge in [0.25, 0.3) is 0 Å². The van der Waals surface area contributed by atoms with Crippen LogP contribution in [0.3, 0.4) is 0 Å². The van der Waals surface area contributed by atoms with Crippen molar-refractivity contribution < 1.29 is 27.5 Å². The van der Waals surface area contributed by atoms with Crippen LogP contribution in [-0.4, -0.2) is 11.7 Å². The molecule has 0 spiro atoms. The summed E-state index contributed by atoms with van der Waals surface area (Å²) in [6.45, 7) is 1.93. The zero-order valence-corrected chi connectivity index (χ0v) is 5.81. The van der Waals surface area contributed by atoms with Gasteiger partial charge in [0.1, 0.15) is 0 Å². The topological polar surface area (TPSA) is 20.2 Å². The van der Waals surface area contributed by atoms with Crippen LogP contribution in [-0.2, 0) is 22.4 Å². The molecule has 0 aromatic rings. The summed E-state index contributed by atoms with van der Waals surface area (Å²) in [7, 11) is 0. The molecule has 0 saturated heterocycles. The molecule has 0 aliphatic carbocycles. The minimum Gasteiger partial charge on any atom is -0.397 e. The van der Waals surface area contributed by atoms with Gasteiger partial charge in [-0.25, -0.2) is 0 Å². The molecule has 0 saturated carbocycles. The van der Waals surface area contributed by atoms with E-state index >= 15 is 0 Å². The Morgan fingerprint density at radius 1 is 1.75 bits per heavy atom. The van der Waals surface area contributed by atoms with E-state index in [1.165, 1.54) is 0 Å². The van der Waals surface area contributed by atoms with Gasteiger partial charge in [0.15, 0.2) is 0 Å². The van der Waals surface area contributed by atoms with Crippen LogP contribution < -0.4 is 0 Å². The Labute approximate surface area is 41.5 Å². The standard InChI is InChI=1S/C2H6O.Ta/c1-2-3;/h3H,2H2,1H3;. The average molecular weight is 227 g/mol. The first-order chi connectivity index (χ1) is 1.41. The summed E-state index contributed by atoms with van der Waals surface area (Å²) in [5.41, 5.74) is 0. The summed E-state index contributed by atoms with van der Waals surface area (Å²) < 4.78 is 0. The zero-order valence-electron chi connectivity index (χ0n) is 2.60. The van der Waals surface area contributed by atoms with E-state index in [4.69, 9.17) is 5.11 Å². The molecular weight excluding hydrogens is 221 g/mol. The maximum atomic E-state index is 7.57. The molecular formula is C2H6OTa. The van der Waals surface area contributed by atoms with Crippen LogP contribution in [0, 0.1) is 0 Å². The number of aliphatic hydroxyl groups excluding tert-OH is 1. The molecule has 1 radical (unpaired) electrons. The third kappa shape index (κ3) is 15.9. The quantitative estimate of drug-likeness (QED) is 0.617. The van der Waals surface area contributed by atoms with Crippen LogP contribution in [0.25, 0.3) is 0 Å². The zero-order chi connectivity index (χ0) is 2.71. The van der Waals surface area contributed by atoms with E-state index in [0.29, 0.717) is 0 Å². The monoisotopic (exact) mass is 227 g/mol. The van der Waals surface area contributed by atoms with Crippen molar-refractivity contribution in [2.45, 2.75) is 6.92 Å². The Morgan fingerprint density at radius 3 is 1.75 bits per heavy atom. The smallest absolute Gasteiger partial charge is 0.0402 e.